The van der Waals surface area contributed by atoms with Crippen LogP contribution in [0.4, 0.5) is 0 Å². The van der Waals surface area contributed by atoms with Gasteiger partial charge in [0.15, 0.2) is 0 Å². The van der Waals surface area contributed by atoms with Gasteiger partial charge in [-0.05, 0) is 67.6 Å². The molecule has 1 aromatic rings. The average molecular weight is 427 g/mol. The first-order valence-electron chi connectivity index (χ1n) is 12.1. The fraction of sp³-hybridized carbons (Fsp3) is 0.692. The second-order valence-corrected chi connectivity index (χ2v) is 10.7. The summed E-state index contributed by atoms with van der Waals surface area (Å²) in [7, 11) is 0. The normalized spacial score (nSPS) is 31.6. The monoisotopic (exact) mass is 426 g/mol. The molecule has 0 unspecified atom stereocenters. The van der Waals surface area contributed by atoms with E-state index in [-0.39, 0.29) is 40.6 Å². The number of benzene rings is 1. The third-order valence-electron chi connectivity index (χ3n) is 8.83. The zero-order chi connectivity index (χ0) is 22.4. The van der Waals surface area contributed by atoms with Crippen molar-refractivity contribution < 1.29 is 14.7 Å². The highest BCUT2D eigenvalue weighted by Gasteiger charge is 2.57. The van der Waals surface area contributed by atoms with Crippen LogP contribution < -0.4 is 5.32 Å². The highest BCUT2D eigenvalue weighted by molar-refractivity contribution is 5.80. The molecular formula is C26H38N2O3. The van der Waals surface area contributed by atoms with Crippen molar-refractivity contribution in [2.45, 2.75) is 96.6 Å². The summed E-state index contributed by atoms with van der Waals surface area (Å²) < 4.78 is 0. The highest BCUT2D eigenvalue weighted by Crippen LogP contribution is 2.57. The van der Waals surface area contributed by atoms with Gasteiger partial charge in [-0.1, -0.05) is 39.8 Å². The van der Waals surface area contributed by atoms with E-state index in [4.69, 9.17) is 0 Å². The number of nitrogens with one attached hydrogen (secondary N) is 1. The van der Waals surface area contributed by atoms with E-state index >= 15 is 0 Å². The lowest BCUT2D eigenvalue weighted by atomic mass is 9.51. The van der Waals surface area contributed by atoms with Gasteiger partial charge >= 0.3 is 0 Å². The molecule has 170 valence electrons. The number of hydrogen-bond acceptors (Lipinski definition) is 3. The van der Waals surface area contributed by atoms with Crippen molar-refractivity contribution in [1.82, 2.24) is 10.2 Å². The fourth-order valence-corrected chi connectivity index (χ4v) is 6.44. The summed E-state index contributed by atoms with van der Waals surface area (Å²) in [6.07, 6.45) is 6.54. The van der Waals surface area contributed by atoms with Gasteiger partial charge in [0, 0.05) is 36.4 Å². The Bertz CT molecular complexity index is 856. The number of phenolic OH excluding ortho intramolecular Hbond substituents is 1. The standard InChI is InChI=1S/C26H38N2O3/c1-5-7-23(30)27-18-12-10-17(11-13-18)24(31)28-15-14-26(4)20-8-6-9-21(29)19(20)16-22(28)25(26,2)3/h6,8-9,17-18,22,29H,5,7,10-16H2,1-4H3,(H,27,30)/t17-,18+,22-,26+/m1/s1. The Kier molecular flexibility index (Phi) is 5.82. The van der Waals surface area contributed by atoms with E-state index < -0.39 is 0 Å². The molecule has 0 radical (unpaired) electrons. The van der Waals surface area contributed by atoms with Gasteiger partial charge in [-0.25, -0.2) is 0 Å². The first-order chi connectivity index (χ1) is 14.7. The molecule has 4 rings (SSSR count). The van der Waals surface area contributed by atoms with Crippen LogP contribution >= 0.6 is 0 Å². The molecule has 5 heteroatoms. The molecule has 0 spiro atoms. The number of carbonyl (C=O) groups is 2. The Morgan fingerprint density at radius 3 is 2.55 bits per heavy atom. The maximum absolute atomic E-state index is 13.6. The minimum absolute atomic E-state index is 0.0465. The maximum Gasteiger partial charge on any atom is 0.225 e. The summed E-state index contributed by atoms with van der Waals surface area (Å²) in [4.78, 5) is 27.7. The summed E-state index contributed by atoms with van der Waals surface area (Å²) in [6, 6.07) is 6.20. The minimum atomic E-state index is -0.0625. The predicted octanol–water partition coefficient (Wildman–Crippen LogP) is 4.31. The van der Waals surface area contributed by atoms with E-state index in [9.17, 15) is 14.7 Å². The van der Waals surface area contributed by atoms with Gasteiger partial charge in [-0.2, -0.15) is 0 Å². The summed E-state index contributed by atoms with van der Waals surface area (Å²) in [5.74, 6) is 0.819. The Morgan fingerprint density at radius 1 is 1.16 bits per heavy atom. The second kappa shape index (κ2) is 8.14. The summed E-state index contributed by atoms with van der Waals surface area (Å²) in [6.45, 7) is 9.70. The minimum Gasteiger partial charge on any atom is -0.508 e. The number of hydrogen-bond donors (Lipinski definition) is 2. The lowest BCUT2D eigenvalue weighted by molar-refractivity contribution is -0.149. The van der Waals surface area contributed by atoms with Crippen molar-refractivity contribution in [1.29, 1.82) is 0 Å². The van der Waals surface area contributed by atoms with Gasteiger partial charge in [-0.3, -0.25) is 9.59 Å². The van der Waals surface area contributed by atoms with Crippen LogP contribution in [0, 0.1) is 11.3 Å². The molecule has 3 aliphatic rings. The molecule has 0 aromatic heterocycles. The molecule has 2 bridgehead atoms. The molecule has 2 N–H and O–H groups in total. The van der Waals surface area contributed by atoms with Gasteiger partial charge in [0.1, 0.15) is 5.75 Å². The largest absolute Gasteiger partial charge is 0.508 e. The SMILES string of the molecule is CCCC(=O)N[C@H]1CC[C@@H](C(=O)N2CC[C@@]3(C)c4cccc(O)c4C[C@@H]2C3(C)C)CC1. The number of nitrogens with zero attached hydrogens (tertiary/aromatic N) is 1. The topological polar surface area (TPSA) is 69.6 Å². The van der Waals surface area contributed by atoms with Gasteiger partial charge in [-0.15, -0.1) is 0 Å². The molecule has 2 aliphatic carbocycles. The number of phenols is 1. The van der Waals surface area contributed by atoms with Crippen LogP contribution in [-0.2, 0) is 21.4 Å². The fourth-order valence-electron chi connectivity index (χ4n) is 6.44. The van der Waals surface area contributed by atoms with E-state index in [2.05, 4.69) is 37.1 Å². The van der Waals surface area contributed by atoms with Crippen LogP contribution in [0.15, 0.2) is 18.2 Å². The molecule has 2 fully saturated rings. The van der Waals surface area contributed by atoms with Crippen LogP contribution in [0.5, 0.6) is 5.75 Å². The van der Waals surface area contributed by atoms with E-state index in [0.717, 1.165) is 57.1 Å². The molecule has 2 atom stereocenters. The molecule has 1 saturated carbocycles. The van der Waals surface area contributed by atoms with Crippen LogP contribution in [0.2, 0.25) is 0 Å². The summed E-state index contributed by atoms with van der Waals surface area (Å²) >= 11 is 0. The summed E-state index contributed by atoms with van der Waals surface area (Å²) in [5.41, 5.74) is 2.16. The number of fused-ring (bicyclic) bond motifs is 4. The maximum atomic E-state index is 13.6. The third-order valence-corrected chi connectivity index (χ3v) is 8.83. The number of aromatic hydroxyl groups is 1. The highest BCUT2D eigenvalue weighted by atomic mass is 16.3. The van der Waals surface area contributed by atoms with E-state index in [1.54, 1.807) is 6.07 Å². The number of piperidine rings is 1. The number of amides is 2. The van der Waals surface area contributed by atoms with Crippen molar-refractivity contribution in [2.75, 3.05) is 6.54 Å². The van der Waals surface area contributed by atoms with Crippen LogP contribution in [0.25, 0.3) is 0 Å². The van der Waals surface area contributed by atoms with E-state index in [0.29, 0.717) is 12.2 Å². The summed E-state index contributed by atoms with van der Waals surface area (Å²) in [5, 5.41) is 13.7. The van der Waals surface area contributed by atoms with Crippen LogP contribution in [-0.4, -0.2) is 40.4 Å². The Morgan fingerprint density at radius 2 is 1.87 bits per heavy atom. The average Bonchev–Trinajstić information content (AvgIpc) is 2.71. The zero-order valence-electron chi connectivity index (χ0n) is 19.5. The third kappa shape index (κ3) is 3.64. The molecule has 1 aromatic carbocycles. The molecule has 2 amide bonds. The van der Waals surface area contributed by atoms with Gasteiger partial charge in [0.05, 0.1) is 0 Å². The van der Waals surface area contributed by atoms with Gasteiger partial charge < -0.3 is 15.3 Å². The van der Waals surface area contributed by atoms with Gasteiger partial charge in [0.25, 0.3) is 0 Å². The molecule has 5 nitrogen and oxygen atoms in total. The van der Waals surface area contributed by atoms with E-state index in [1.165, 1.54) is 5.56 Å². The predicted molar refractivity (Wildman–Crippen MR) is 122 cm³/mol. The Balaban J connectivity index is 1.49. The Hall–Kier alpha value is -2.04. The van der Waals surface area contributed by atoms with Crippen molar-refractivity contribution in [3.63, 3.8) is 0 Å². The van der Waals surface area contributed by atoms with Crippen LogP contribution in [0.3, 0.4) is 0 Å². The van der Waals surface area contributed by atoms with Crippen LogP contribution in [0.1, 0.15) is 83.8 Å². The first kappa shape index (κ1) is 22.2. The molecular weight excluding hydrogens is 388 g/mol. The molecule has 1 saturated heterocycles. The van der Waals surface area contributed by atoms with Crippen molar-refractivity contribution in [2.24, 2.45) is 11.3 Å². The molecule has 1 aliphatic heterocycles. The van der Waals surface area contributed by atoms with Crippen molar-refractivity contribution in [3.05, 3.63) is 29.3 Å². The van der Waals surface area contributed by atoms with E-state index in [1.807, 2.05) is 13.0 Å². The number of carbonyl (C=O) groups excluding carboxylic acids is 2. The number of likely N-dealkylation sites (tertiary alicyclic amines) is 1. The lowest BCUT2D eigenvalue weighted by Crippen LogP contribution is -2.65. The van der Waals surface area contributed by atoms with Crippen molar-refractivity contribution >= 4 is 11.8 Å². The quantitative estimate of drug-likeness (QED) is 0.754. The Labute approximate surface area is 186 Å². The van der Waals surface area contributed by atoms with Gasteiger partial charge in [0.2, 0.25) is 11.8 Å². The zero-order valence-corrected chi connectivity index (χ0v) is 19.5. The first-order valence-corrected chi connectivity index (χ1v) is 12.1. The smallest absolute Gasteiger partial charge is 0.225 e. The molecule has 31 heavy (non-hydrogen) atoms. The molecule has 1 heterocycles. The number of rotatable bonds is 4. The van der Waals surface area contributed by atoms with Crippen molar-refractivity contribution in [3.8, 4) is 5.75 Å². The lowest BCUT2D eigenvalue weighted by Gasteiger charge is -2.61. The second-order valence-electron chi connectivity index (χ2n) is 10.7.